The van der Waals surface area contributed by atoms with E-state index in [2.05, 4.69) is 0 Å². The average molecular weight is 419 g/mol. The number of hydrogen-bond acceptors (Lipinski definition) is 5. The van der Waals surface area contributed by atoms with E-state index in [1.165, 1.54) is 0 Å². The van der Waals surface area contributed by atoms with E-state index < -0.39 is 18.3 Å². The van der Waals surface area contributed by atoms with Crippen molar-refractivity contribution in [1.82, 2.24) is 0 Å². The van der Waals surface area contributed by atoms with Crippen molar-refractivity contribution in [1.29, 1.82) is 0 Å². The molecule has 0 bridgehead atoms. The molecule has 0 aliphatic carbocycles. The number of hydrogen-bond donors (Lipinski definition) is 2. The molecular weight excluding hydrogens is 392 g/mol. The van der Waals surface area contributed by atoms with Crippen molar-refractivity contribution < 1.29 is 24.4 Å². The normalized spacial score (nSPS) is 29.7. The minimum absolute atomic E-state index is 0.138. The molecule has 6 heteroatoms. The van der Waals surface area contributed by atoms with E-state index in [1.54, 1.807) is 6.92 Å². The smallest absolute Gasteiger partial charge is 0.124 e. The molecule has 2 aromatic carbocycles. The summed E-state index contributed by atoms with van der Waals surface area (Å²) in [7, 11) is 0. The van der Waals surface area contributed by atoms with E-state index >= 15 is 0 Å². The lowest BCUT2D eigenvalue weighted by Crippen LogP contribution is -2.43. The summed E-state index contributed by atoms with van der Waals surface area (Å²) in [5, 5.41) is 20.7. The maximum Gasteiger partial charge on any atom is 0.124 e. The molecule has 29 heavy (non-hydrogen) atoms. The zero-order valence-electron chi connectivity index (χ0n) is 16.5. The molecule has 2 aliphatic rings. The first-order valence-electron chi connectivity index (χ1n) is 10.1. The van der Waals surface area contributed by atoms with E-state index in [0.29, 0.717) is 24.5 Å². The van der Waals surface area contributed by atoms with Gasteiger partial charge in [0.2, 0.25) is 0 Å². The fourth-order valence-corrected chi connectivity index (χ4v) is 4.10. The summed E-state index contributed by atoms with van der Waals surface area (Å²) in [4.78, 5) is 0. The maximum atomic E-state index is 10.1. The Morgan fingerprint density at radius 3 is 2.62 bits per heavy atom. The second kappa shape index (κ2) is 9.02. The molecule has 4 rings (SSSR count). The van der Waals surface area contributed by atoms with Crippen LogP contribution in [-0.4, -0.2) is 47.8 Å². The predicted octanol–water partition coefficient (Wildman–Crippen LogP) is 3.67. The van der Waals surface area contributed by atoms with Gasteiger partial charge in [0.25, 0.3) is 0 Å². The molecule has 2 N–H and O–H groups in total. The summed E-state index contributed by atoms with van der Waals surface area (Å²) in [5.74, 6) is 0.848. The topological polar surface area (TPSA) is 68.2 Å². The van der Waals surface area contributed by atoms with Gasteiger partial charge >= 0.3 is 0 Å². The molecule has 5 nitrogen and oxygen atoms in total. The molecule has 0 spiro atoms. The number of rotatable bonds is 5. The Kier molecular flexibility index (Phi) is 6.42. The number of aliphatic hydroxyl groups is 2. The van der Waals surface area contributed by atoms with Crippen LogP contribution in [0.25, 0.3) is 0 Å². The molecule has 2 aromatic rings. The van der Waals surface area contributed by atoms with Crippen LogP contribution in [0.5, 0.6) is 5.75 Å². The van der Waals surface area contributed by atoms with Crippen molar-refractivity contribution in [2.75, 3.05) is 13.2 Å². The first-order chi connectivity index (χ1) is 14.0. The van der Waals surface area contributed by atoms with Crippen LogP contribution in [0.3, 0.4) is 0 Å². The van der Waals surface area contributed by atoms with Gasteiger partial charge in [0, 0.05) is 17.9 Å². The summed E-state index contributed by atoms with van der Waals surface area (Å²) in [6.07, 6.45) is -0.202. The summed E-state index contributed by atoms with van der Waals surface area (Å²) < 4.78 is 17.2. The highest BCUT2D eigenvalue weighted by Gasteiger charge is 2.34. The van der Waals surface area contributed by atoms with Crippen molar-refractivity contribution in [3.8, 4) is 5.75 Å². The van der Waals surface area contributed by atoms with Crippen LogP contribution in [-0.2, 0) is 15.9 Å². The second-order valence-electron chi connectivity index (χ2n) is 7.90. The van der Waals surface area contributed by atoms with Gasteiger partial charge in [-0.3, -0.25) is 0 Å². The third-order valence-corrected chi connectivity index (χ3v) is 6.03. The standard InChI is InChI=1S/C23H27ClO5/c1-14-23(26)21(25)12-22(28-14)16-4-7-20(24)17(11-16)10-15-2-5-18(6-3-15)29-19-8-9-27-13-19/h2-7,11,14,19,21-23,25-26H,8-10,12-13H2,1H3/t14-,19+,21-,22-,23-/m1/s1. The summed E-state index contributed by atoms with van der Waals surface area (Å²) in [6, 6.07) is 13.9. The fraction of sp³-hybridized carbons (Fsp3) is 0.478. The molecule has 0 aromatic heterocycles. The number of ether oxygens (including phenoxy) is 3. The van der Waals surface area contributed by atoms with Crippen LogP contribution in [0.15, 0.2) is 42.5 Å². The Bertz CT molecular complexity index is 807. The van der Waals surface area contributed by atoms with Gasteiger partial charge < -0.3 is 24.4 Å². The zero-order chi connectivity index (χ0) is 20.4. The van der Waals surface area contributed by atoms with Crippen molar-refractivity contribution >= 4 is 11.6 Å². The van der Waals surface area contributed by atoms with E-state index in [0.717, 1.165) is 35.5 Å². The highest BCUT2D eigenvalue weighted by Crippen LogP contribution is 2.34. The molecule has 156 valence electrons. The van der Waals surface area contributed by atoms with E-state index in [1.807, 2.05) is 42.5 Å². The molecule has 0 amide bonds. The van der Waals surface area contributed by atoms with Crippen molar-refractivity contribution in [2.24, 2.45) is 0 Å². The van der Waals surface area contributed by atoms with Crippen LogP contribution in [0.2, 0.25) is 5.02 Å². The minimum Gasteiger partial charge on any atom is -0.488 e. The highest BCUT2D eigenvalue weighted by molar-refractivity contribution is 6.31. The molecule has 2 heterocycles. The van der Waals surface area contributed by atoms with Crippen LogP contribution in [0, 0.1) is 0 Å². The van der Waals surface area contributed by atoms with Gasteiger partial charge in [-0.25, -0.2) is 0 Å². The largest absolute Gasteiger partial charge is 0.488 e. The van der Waals surface area contributed by atoms with Crippen LogP contribution >= 0.6 is 11.6 Å². The Hall–Kier alpha value is -1.63. The molecule has 0 radical (unpaired) electrons. The Morgan fingerprint density at radius 1 is 1.14 bits per heavy atom. The third kappa shape index (κ3) is 4.93. The quantitative estimate of drug-likeness (QED) is 0.775. The Morgan fingerprint density at radius 2 is 1.93 bits per heavy atom. The summed E-state index contributed by atoms with van der Waals surface area (Å²) in [6.45, 7) is 3.19. The van der Waals surface area contributed by atoms with Crippen LogP contribution < -0.4 is 4.74 Å². The minimum atomic E-state index is -0.852. The van der Waals surface area contributed by atoms with Crippen LogP contribution in [0.1, 0.15) is 42.6 Å². The number of benzene rings is 2. The Labute approximate surface area is 176 Å². The lowest BCUT2D eigenvalue weighted by Gasteiger charge is -2.35. The molecule has 0 unspecified atom stereocenters. The van der Waals surface area contributed by atoms with Crippen molar-refractivity contribution in [3.05, 3.63) is 64.2 Å². The average Bonchev–Trinajstić information content (AvgIpc) is 3.22. The Balaban J connectivity index is 1.45. The first kappa shape index (κ1) is 20.6. The summed E-state index contributed by atoms with van der Waals surface area (Å²) in [5.41, 5.74) is 3.09. The van der Waals surface area contributed by atoms with Gasteiger partial charge in [-0.2, -0.15) is 0 Å². The fourth-order valence-electron chi connectivity index (χ4n) is 3.92. The molecule has 2 saturated heterocycles. The molecule has 0 saturated carbocycles. The third-order valence-electron chi connectivity index (χ3n) is 5.66. The van der Waals surface area contributed by atoms with E-state index in [4.69, 9.17) is 25.8 Å². The number of halogens is 1. The lowest BCUT2D eigenvalue weighted by molar-refractivity contribution is -0.163. The monoisotopic (exact) mass is 418 g/mol. The molecule has 5 atom stereocenters. The van der Waals surface area contributed by atoms with Gasteiger partial charge in [-0.1, -0.05) is 35.9 Å². The molecular formula is C23H27ClO5. The van der Waals surface area contributed by atoms with E-state index in [-0.39, 0.29) is 12.2 Å². The summed E-state index contributed by atoms with van der Waals surface area (Å²) >= 11 is 6.44. The van der Waals surface area contributed by atoms with Gasteiger partial charge in [0.05, 0.1) is 31.5 Å². The van der Waals surface area contributed by atoms with E-state index in [9.17, 15) is 10.2 Å². The first-order valence-corrected chi connectivity index (χ1v) is 10.5. The van der Waals surface area contributed by atoms with Crippen LogP contribution in [0.4, 0.5) is 0 Å². The second-order valence-corrected chi connectivity index (χ2v) is 8.31. The van der Waals surface area contributed by atoms with Crippen molar-refractivity contribution in [3.63, 3.8) is 0 Å². The molecule has 2 aliphatic heterocycles. The lowest BCUT2D eigenvalue weighted by atomic mass is 9.93. The molecule has 2 fully saturated rings. The van der Waals surface area contributed by atoms with Gasteiger partial charge in [-0.05, 0) is 48.2 Å². The van der Waals surface area contributed by atoms with Crippen molar-refractivity contribution in [2.45, 2.75) is 56.7 Å². The van der Waals surface area contributed by atoms with Gasteiger partial charge in [0.15, 0.2) is 0 Å². The number of aliphatic hydroxyl groups excluding tert-OH is 2. The SMILES string of the molecule is C[C@H]1O[C@@H](c2ccc(Cl)c(Cc3ccc(O[C@H]4CCOC4)cc3)c2)C[C@@H](O)[C@@H]1O. The van der Waals surface area contributed by atoms with Gasteiger partial charge in [0.1, 0.15) is 18.0 Å². The predicted molar refractivity (Wildman–Crippen MR) is 110 cm³/mol. The zero-order valence-corrected chi connectivity index (χ0v) is 17.2. The van der Waals surface area contributed by atoms with Gasteiger partial charge in [-0.15, -0.1) is 0 Å². The highest BCUT2D eigenvalue weighted by atomic mass is 35.5. The maximum absolute atomic E-state index is 10.1.